The Bertz CT molecular complexity index is 1510. The van der Waals surface area contributed by atoms with Gasteiger partial charge in [-0.05, 0) is 43.4 Å². The lowest BCUT2D eigenvalue weighted by atomic mass is 10.1. The second kappa shape index (κ2) is 7.05. The Hall–Kier alpha value is -3.00. The highest BCUT2D eigenvalue weighted by molar-refractivity contribution is 7.71. The van der Waals surface area contributed by atoms with Crippen molar-refractivity contribution in [1.82, 2.24) is 24.1 Å². The van der Waals surface area contributed by atoms with E-state index in [0.717, 1.165) is 22.5 Å². The van der Waals surface area contributed by atoms with E-state index in [9.17, 15) is 0 Å². The maximum absolute atomic E-state index is 6.48. The zero-order valence-corrected chi connectivity index (χ0v) is 18.0. The quantitative estimate of drug-likeness (QED) is 0.349. The lowest BCUT2D eigenvalue weighted by molar-refractivity contribution is 0.912. The van der Waals surface area contributed by atoms with Crippen LogP contribution in [0.3, 0.4) is 0 Å². The van der Waals surface area contributed by atoms with Crippen LogP contribution in [0.2, 0.25) is 10.0 Å². The van der Waals surface area contributed by atoms with Crippen molar-refractivity contribution in [1.29, 1.82) is 0 Å². The molecule has 2 N–H and O–H groups in total. The topological polar surface area (TPSA) is 74.0 Å². The number of nitrogen functional groups attached to an aromatic ring is 1. The monoisotopic (exact) mass is 452 g/mol. The van der Waals surface area contributed by atoms with Gasteiger partial charge in [-0.2, -0.15) is 14.6 Å². The number of fused-ring (bicyclic) bond motifs is 3. The van der Waals surface area contributed by atoms with E-state index in [1.165, 1.54) is 0 Å². The van der Waals surface area contributed by atoms with Gasteiger partial charge in [0.05, 0.1) is 21.7 Å². The normalized spacial score (nSPS) is 11.4. The van der Waals surface area contributed by atoms with Crippen LogP contribution in [0.5, 0.6) is 0 Å². The molecule has 0 aliphatic heterocycles. The van der Waals surface area contributed by atoms with Crippen LogP contribution in [0.25, 0.3) is 33.5 Å². The first-order valence-electron chi connectivity index (χ1n) is 9.03. The first-order chi connectivity index (χ1) is 14.5. The Morgan fingerprint density at radius 1 is 1.03 bits per heavy atom. The average Bonchev–Trinajstić information content (AvgIpc) is 3.05. The van der Waals surface area contributed by atoms with Gasteiger partial charge in [0.1, 0.15) is 5.82 Å². The Kier molecular flexibility index (Phi) is 4.47. The van der Waals surface area contributed by atoms with Crippen LogP contribution in [-0.2, 0) is 0 Å². The van der Waals surface area contributed by atoms with Crippen LogP contribution in [0.4, 0.5) is 5.82 Å². The molecule has 0 unspecified atom stereocenters. The Morgan fingerprint density at radius 3 is 2.53 bits per heavy atom. The summed E-state index contributed by atoms with van der Waals surface area (Å²) < 4.78 is 3.71. The second-order valence-corrected chi connectivity index (χ2v) is 7.97. The van der Waals surface area contributed by atoms with Crippen molar-refractivity contribution in [3.05, 3.63) is 75.2 Å². The van der Waals surface area contributed by atoms with Gasteiger partial charge in [0.15, 0.2) is 11.3 Å². The van der Waals surface area contributed by atoms with Crippen molar-refractivity contribution in [3.8, 4) is 16.8 Å². The minimum atomic E-state index is 0.331. The van der Waals surface area contributed by atoms with E-state index < -0.39 is 0 Å². The van der Waals surface area contributed by atoms with E-state index in [-0.39, 0.29) is 0 Å². The number of aryl methyl sites for hydroxylation is 1. The summed E-state index contributed by atoms with van der Waals surface area (Å²) in [5, 5.41) is 6.39. The summed E-state index contributed by atoms with van der Waals surface area (Å²) in [6.07, 6.45) is 1.69. The minimum absolute atomic E-state index is 0.331. The molecule has 0 saturated heterocycles. The molecule has 2 aromatic carbocycles. The lowest BCUT2D eigenvalue weighted by Gasteiger charge is -2.13. The van der Waals surface area contributed by atoms with Crippen molar-refractivity contribution >= 4 is 57.9 Å². The molecule has 5 rings (SSSR count). The van der Waals surface area contributed by atoms with E-state index in [0.29, 0.717) is 37.3 Å². The van der Waals surface area contributed by atoms with E-state index in [4.69, 9.17) is 41.2 Å². The Labute approximate surface area is 186 Å². The summed E-state index contributed by atoms with van der Waals surface area (Å²) in [6, 6.07) is 14.9. The molecule has 0 radical (unpaired) electrons. The van der Waals surface area contributed by atoms with Gasteiger partial charge in [-0.15, -0.1) is 0 Å². The molecule has 30 heavy (non-hydrogen) atoms. The number of nitrogens with two attached hydrogens (primary N) is 1. The summed E-state index contributed by atoms with van der Waals surface area (Å²) in [7, 11) is 0. The molecule has 0 fully saturated rings. The van der Waals surface area contributed by atoms with Gasteiger partial charge in [0, 0.05) is 22.5 Å². The number of hydrogen-bond donors (Lipinski definition) is 1. The van der Waals surface area contributed by atoms with E-state index >= 15 is 0 Å². The number of halogens is 2. The second-order valence-electron chi connectivity index (χ2n) is 6.77. The van der Waals surface area contributed by atoms with Crippen LogP contribution in [0.1, 0.15) is 5.69 Å². The van der Waals surface area contributed by atoms with Gasteiger partial charge in [0.2, 0.25) is 4.77 Å². The molecule has 0 spiro atoms. The fourth-order valence-corrected chi connectivity index (χ4v) is 4.36. The summed E-state index contributed by atoms with van der Waals surface area (Å²) >= 11 is 18.1. The third-order valence-corrected chi connectivity index (χ3v) is 5.74. The molecule has 3 heterocycles. The van der Waals surface area contributed by atoms with Crippen LogP contribution >= 0.6 is 35.4 Å². The zero-order chi connectivity index (χ0) is 21.0. The van der Waals surface area contributed by atoms with Crippen LogP contribution in [0.15, 0.2) is 54.7 Å². The molecule has 0 saturated carbocycles. The van der Waals surface area contributed by atoms with E-state index in [2.05, 4.69) is 15.1 Å². The number of nitrogens with zero attached hydrogens (tertiary/aromatic N) is 5. The number of para-hydroxylation sites is 1. The summed E-state index contributed by atoms with van der Waals surface area (Å²) in [4.78, 5) is 9.27. The van der Waals surface area contributed by atoms with Crippen LogP contribution < -0.4 is 5.73 Å². The molecular formula is C21H14Cl2N6S. The van der Waals surface area contributed by atoms with Crippen molar-refractivity contribution in [3.63, 3.8) is 0 Å². The largest absolute Gasteiger partial charge is 0.384 e. The molecule has 6 nitrogen and oxygen atoms in total. The molecule has 0 aliphatic carbocycles. The highest BCUT2D eigenvalue weighted by Gasteiger charge is 2.19. The van der Waals surface area contributed by atoms with Crippen LogP contribution in [0, 0.1) is 11.7 Å². The zero-order valence-electron chi connectivity index (χ0n) is 15.7. The summed E-state index contributed by atoms with van der Waals surface area (Å²) in [5.41, 5.74) is 10.8. The number of aromatic nitrogens is 5. The molecule has 3 aromatic heterocycles. The fraction of sp³-hybridized carbons (Fsp3) is 0.0476. The van der Waals surface area contributed by atoms with Gasteiger partial charge in [-0.1, -0.05) is 47.5 Å². The van der Waals surface area contributed by atoms with E-state index in [1.54, 1.807) is 27.4 Å². The molecule has 9 heteroatoms. The molecule has 0 aliphatic rings. The molecule has 5 aromatic rings. The highest BCUT2D eigenvalue weighted by atomic mass is 35.5. The van der Waals surface area contributed by atoms with Crippen molar-refractivity contribution < 1.29 is 0 Å². The Balaban J connectivity index is 1.83. The SMILES string of the molecule is Cc1nn2c(ncc3c(N)n(-c4ccccc4)c(=S)nc32)c1-c1ccc(Cl)cc1Cl. The molecule has 0 atom stereocenters. The van der Waals surface area contributed by atoms with Gasteiger partial charge < -0.3 is 5.73 Å². The first kappa shape index (κ1) is 19.0. The maximum atomic E-state index is 6.48. The molecule has 0 amide bonds. The van der Waals surface area contributed by atoms with Gasteiger partial charge in [-0.25, -0.2) is 4.98 Å². The predicted molar refractivity (Wildman–Crippen MR) is 123 cm³/mol. The number of anilines is 1. The summed E-state index contributed by atoms with van der Waals surface area (Å²) in [5.74, 6) is 0.449. The van der Waals surface area contributed by atoms with Gasteiger partial charge in [0.25, 0.3) is 0 Å². The number of hydrogen-bond acceptors (Lipinski definition) is 5. The smallest absolute Gasteiger partial charge is 0.207 e. The highest BCUT2D eigenvalue weighted by Crippen LogP contribution is 2.35. The van der Waals surface area contributed by atoms with Gasteiger partial charge in [-0.3, -0.25) is 4.57 Å². The maximum Gasteiger partial charge on any atom is 0.207 e. The number of rotatable bonds is 2. The molecule has 0 bridgehead atoms. The molecule has 148 valence electrons. The lowest BCUT2D eigenvalue weighted by Crippen LogP contribution is -2.10. The van der Waals surface area contributed by atoms with Gasteiger partial charge >= 0.3 is 0 Å². The first-order valence-corrected chi connectivity index (χ1v) is 10.2. The molecular weight excluding hydrogens is 439 g/mol. The van der Waals surface area contributed by atoms with Crippen LogP contribution in [-0.4, -0.2) is 24.1 Å². The van der Waals surface area contributed by atoms with Crippen molar-refractivity contribution in [2.75, 3.05) is 5.73 Å². The Morgan fingerprint density at radius 2 is 1.80 bits per heavy atom. The standard InChI is InChI=1S/C21H14Cl2N6S/c1-11-17(14-8-7-12(22)9-16(14)23)20-25-10-15-18(24)28(13-5-3-2-4-6-13)21(30)26-19(15)29(20)27-11/h2-10H,24H2,1H3. The average molecular weight is 453 g/mol. The predicted octanol–water partition coefficient (Wildman–Crippen LogP) is 5.66. The third kappa shape index (κ3) is 2.86. The number of benzene rings is 2. The fourth-order valence-electron chi connectivity index (χ4n) is 3.57. The van der Waals surface area contributed by atoms with Crippen molar-refractivity contribution in [2.45, 2.75) is 6.92 Å². The minimum Gasteiger partial charge on any atom is -0.384 e. The third-order valence-electron chi connectivity index (χ3n) is 4.92. The van der Waals surface area contributed by atoms with Crippen molar-refractivity contribution in [2.24, 2.45) is 0 Å². The summed E-state index contributed by atoms with van der Waals surface area (Å²) in [6.45, 7) is 1.89. The van der Waals surface area contributed by atoms with E-state index in [1.807, 2.05) is 43.3 Å².